The molecule has 1 aromatic rings. The van der Waals surface area contributed by atoms with Crippen LogP contribution in [-0.4, -0.2) is 36.2 Å². The highest BCUT2D eigenvalue weighted by atomic mass is 19.1. The van der Waals surface area contributed by atoms with Crippen LogP contribution in [0.3, 0.4) is 0 Å². The lowest BCUT2D eigenvalue weighted by Gasteiger charge is -2.14. The number of urea groups is 1. The number of hydrogen-bond donors (Lipinski definition) is 3. The first-order valence-electron chi connectivity index (χ1n) is 5.96. The van der Waals surface area contributed by atoms with Gasteiger partial charge >= 0.3 is 18.0 Å². The van der Waals surface area contributed by atoms with Crippen LogP contribution in [0.2, 0.25) is 0 Å². The summed E-state index contributed by atoms with van der Waals surface area (Å²) < 4.78 is 17.8. The van der Waals surface area contributed by atoms with Crippen molar-refractivity contribution >= 4 is 23.7 Å². The van der Waals surface area contributed by atoms with Crippen molar-refractivity contribution < 1.29 is 28.6 Å². The number of amides is 2. The lowest BCUT2D eigenvalue weighted by Crippen LogP contribution is -2.44. The van der Waals surface area contributed by atoms with Gasteiger partial charge in [-0.1, -0.05) is 6.07 Å². The van der Waals surface area contributed by atoms with Gasteiger partial charge in [-0.3, -0.25) is 4.79 Å². The topological polar surface area (TPSA) is 105 Å². The van der Waals surface area contributed by atoms with Crippen molar-refractivity contribution in [3.8, 4) is 0 Å². The third-order valence-electron chi connectivity index (χ3n) is 2.57. The summed E-state index contributed by atoms with van der Waals surface area (Å²) in [6.07, 6.45) is -0.532. The fourth-order valence-electron chi connectivity index (χ4n) is 1.50. The van der Waals surface area contributed by atoms with Gasteiger partial charge in [-0.05, 0) is 24.6 Å². The molecule has 3 N–H and O–H groups in total. The summed E-state index contributed by atoms with van der Waals surface area (Å²) in [5, 5.41) is 13.2. The minimum atomic E-state index is -1.47. The first-order chi connectivity index (χ1) is 9.83. The van der Waals surface area contributed by atoms with Crippen molar-refractivity contribution in [1.82, 2.24) is 5.32 Å². The zero-order valence-corrected chi connectivity index (χ0v) is 11.5. The molecular weight excluding hydrogens is 283 g/mol. The smallest absolute Gasteiger partial charge is 0.326 e. The standard InChI is InChI=1S/C13H15FN2O5/c1-7-3-4-8(14)9(5-7)15-13(20)16-10(12(18)19)6-11(17)21-2/h3-5,10H,6H2,1-2H3,(H,18,19)(H2,15,16,20)/t10-/m0/s1. The first kappa shape index (κ1) is 16.4. The summed E-state index contributed by atoms with van der Waals surface area (Å²) >= 11 is 0. The van der Waals surface area contributed by atoms with Gasteiger partial charge in [0.2, 0.25) is 0 Å². The van der Waals surface area contributed by atoms with Gasteiger partial charge in [0.1, 0.15) is 11.9 Å². The van der Waals surface area contributed by atoms with E-state index in [4.69, 9.17) is 5.11 Å². The third-order valence-corrected chi connectivity index (χ3v) is 2.57. The maximum Gasteiger partial charge on any atom is 0.326 e. The Morgan fingerprint density at radius 3 is 2.62 bits per heavy atom. The predicted octanol–water partition coefficient (Wildman–Crippen LogP) is 1.27. The number of benzene rings is 1. The van der Waals surface area contributed by atoms with E-state index in [0.29, 0.717) is 0 Å². The molecule has 0 aliphatic carbocycles. The number of methoxy groups -OCH3 is 1. The highest BCUT2D eigenvalue weighted by Gasteiger charge is 2.24. The molecule has 1 rings (SSSR count). The van der Waals surface area contributed by atoms with Crippen LogP contribution in [0.15, 0.2) is 18.2 Å². The molecule has 1 aromatic carbocycles. The second kappa shape index (κ2) is 7.22. The lowest BCUT2D eigenvalue weighted by atomic mass is 10.2. The van der Waals surface area contributed by atoms with E-state index in [1.54, 1.807) is 6.92 Å². The molecule has 0 unspecified atom stereocenters. The molecule has 0 aliphatic heterocycles. The second-order valence-corrected chi connectivity index (χ2v) is 4.25. The van der Waals surface area contributed by atoms with Crippen molar-refractivity contribution in [1.29, 1.82) is 0 Å². The number of nitrogens with one attached hydrogen (secondary N) is 2. The van der Waals surface area contributed by atoms with E-state index in [0.717, 1.165) is 12.7 Å². The summed E-state index contributed by atoms with van der Waals surface area (Å²) in [5.41, 5.74) is 0.630. The molecule has 0 aliphatic rings. The molecule has 0 spiro atoms. The maximum atomic E-state index is 13.5. The SMILES string of the molecule is COC(=O)C[C@H](NC(=O)Nc1cc(C)ccc1F)C(=O)O. The van der Waals surface area contributed by atoms with Gasteiger partial charge in [-0.25, -0.2) is 14.0 Å². The van der Waals surface area contributed by atoms with E-state index < -0.39 is 36.2 Å². The Hall–Kier alpha value is -2.64. The fourth-order valence-corrected chi connectivity index (χ4v) is 1.50. The normalized spacial score (nSPS) is 11.4. The van der Waals surface area contributed by atoms with Gasteiger partial charge in [0.25, 0.3) is 0 Å². The van der Waals surface area contributed by atoms with E-state index in [9.17, 15) is 18.8 Å². The number of anilines is 1. The molecule has 2 amide bonds. The van der Waals surface area contributed by atoms with Crippen LogP contribution in [0.1, 0.15) is 12.0 Å². The van der Waals surface area contributed by atoms with Crippen LogP contribution in [0, 0.1) is 12.7 Å². The van der Waals surface area contributed by atoms with Crippen molar-refractivity contribution in [2.24, 2.45) is 0 Å². The Morgan fingerprint density at radius 1 is 1.38 bits per heavy atom. The molecule has 0 bridgehead atoms. The van der Waals surface area contributed by atoms with Gasteiger partial charge in [0.15, 0.2) is 0 Å². The first-order valence-corrected chi connectivity index (χ1v) is 5.96. The highest BCUT2D eigenvalue weighted by molar-refractivity contribution is 5.93. The van der Waals surface area contributed by atoms with Crippen LogP contribution >= 0.6 is 0 Å². The minimum Gasteiger partial charge on any atom is -0.480 e. The summed E-state index contributed by atoms with van der Waals surface area (Å²) in [6.45, 7) is 1.71. The summed E-state index contributed by atoms with van der Waals surface area (Å²) in [6, 6.07) is 1.69. The van der Waals surface area contributed by atoms with Crippen molar-refractivity contribution in [3.05, 3.63) is 29.6 Å². The van der Waals surface area contributed by atoms with Gasteiger partial charge in [-0.15, -0.1) is 0 Å². The molecule has 1 atom stereocenters. The maximum absolute atomic E-state index is 13.5. The monoisotopic (exact) mass is 298 g/mol. The number of aliphatic carboxylic acids is 1. The van der Waals surface area contributed by atoms with E-state index in [1.807, 2.05) is 0 Å². The summed E-state index contributed by atoms with van der Waals surface area (Å²) in [5.74, 6) is -2.85. The number of carboxylic acids is 1. The third kappa shape index (κ3) is 5.09. The zero-order chi connectivity index (χ0) is 16.0. The number of hydrogen-bond acceptors (Lipinski definition) is 4. The van der Waals surface area contributed by atoms with Crippen LogP contribution in [-0.2, 0) is 14.3 Å². The number of halogens is 1. The summed E-state index contributed by atoms with van der Waals surface area (Å²) in [7, 11) is 1.10. The van der Waals surface area contributed by atoms with E-state index in [-0.39, 0.29) is 5.69 Å². The number of ether oxygens (including phenoxy) is 1. The Balaban J connectivity index is 2.72. The van der Waals surface area contributed by atoms with Crippen LogP contribution < -0.4 is 10.6 Å². The Kier molecular flexibility index (Phi) is 5.65. The molecule has 8 heteroatoms. The number of carbonyl (C=O) groups is 3. The van der Waals surface area contributed by atoms with E-state index in [1.165, 1.54) is 18.2 Å². The minimum absolute atomic E-state index is 0.0882. The molecule has 0 radical (unpaired) electrons. The molecule has 21 heavy (non-hydrogen) atoms. The highest BCUT2D eigenvalue weighted by Crippen LogP contribution is 2.15. The van der Waals surface area contributed by atoms with Gasteiger partial charge < -0.3 is 20.5 Å². The van der Waals surface area contributed by atoms with Crippen molar-refractivity contribution in [3.63, 3.8) is 0 Å². The van der Waals surface area contributed by atoms with Crippen LogP contribution in [0.5, 0.6) is 0 Å². The average molecular weight is 298 g/mol. The van der Waals surface area contributed by atoms with Crippen LogP contribution in [0.4, 0.5) is 14.9 Å². The van der Waals surface area contributed by atoms with E-state index >= 15 is 0 Å². The van der Waals surface area contributed by atoms with Crippen molar-refractivity contribution in [2.75, 3.05) is 12.4 Å². The zero-order valence-electron chi connectivity index (χ0n) is 11.5. The fraction of sp³-hybridized carbons (Fsp3) is 0.308. The molecule has 0 aromatic heterocycles. The molecule has 0 fully saturated rings. The molecule has 114 valence electrons. The van der Waals surface area contributed by atoms with Gasteiger partial charge in [0, 0.05) is 0 Å². The molecule has 0 heterocycles. The number of aryl methyl sites for hydroxylation is 1. The largest absolute Gasteiger partial charge is 0.480 e. The number of esters is 1. The van der Waals surface area contributed by atoms with Crippen molar-refractivity contribution in [2.45, 2.75) is 19.4 Å². The Labute approximate surface area is 120 Å². The number of carbonyl (C=O) groups excluding carboxylic acids is 2. The van der Waals surface area contributed by atoms with Crippen LogP contribution in [0.25, 0.3) is 0 Å². The average Bonchev–Trinajstić information content (AvgIpc) is 2.41. The van der Waals surface area contributed by atoms with E-state index in [2.05, 4.69) is 15.4 Å². The number of carboxylic acid groups (broad SMARTS) is 1. The second-order valence-electron chi connectivity index (χ2n) is 4.25. The Morgan fingerprint density at radius 2 is 2.05 bits per heavy atom. The molecule has 7 nitrogen and oxygen atoms in total. The molecule has 0 saturated heterocycles. The van der Waals surface area contributed by atoms with Gasteiger partial charge in [-0.2, -0.15) is 0 Å². The summed E-state index contributed by atoms with van der Waals surface area (Å²) in [4.78, 5) is 33.6. The Bertz CT molecular complexity index is 561. The quantitative estimate of drug-likeness (QED) is 0.710. The lowest BCUT2D eigenvalue weighted by molar-refractivity contribution is -0.147. The predicted molar refractivity (Wildman–Crippen MR) is 71.3 cm³/mol. The molecular formula is C13H15FN2O5. The molecule has 0 saturated carbocycles. The van der Waals surface area contributed by atoms with Gasteiger partial charge in [0.05, 0.1) is 19.2 Å². The number of rotatable bonds is 5.